The first-order valence-electron chi connectivity index (χ1n) is 12.0. The van der Waals surface area contributed by atoms with Gasteiger partial charge in [0.25, 0.3) is 11.6 Å². The predicted octanol–water partition coefficient (Wildman–Crippen LogP) is 4.15. The van der Waals surface area contributed by atoms with Crippen LogP contribution in [0.2, 0.25) is 0 Å². The Morgan fingerprint density at radius 1 is 1.03 bits per heavy atom. The molecule has 2 fully saturated rings. The number of phenols is 1. The highest BCUT2D eigenvalue weighted by molar-refractivity contribution is 6.24. The largest absolute Gasteiger partial charge is 0.504 e. The van der Waals surface area contributed by atoms with Gasteiger partial charge >= 0.3 is 0 Å². The summed E-state index contributed by atoms with van der Waals surface area (Å²) in [4.78, 5) is 45.3. The minimum absolute atomic E-state index is 0.102. The molecule has 0 unspecified atom stereocenters. The van der Waals surface area contributed by atoms with Crippen LogP contribution in [0, 0.1) is 16.0 Å². The molecule has 11 nitrogen and oxygen atoms in total. The van der Waals surface area contributed by atoms with E-state index in [0.29, 0.717) is 29.3 Å². The van der Waals surface area contributed by atoms with E-state index in [9.17, 15) is 24.8 Å². The third-order valence-electron chi connectivity index (χ3n) is 6.52. The lowest BCUT2D eigenvalue weighted by atomic mass is 9.90. The molecule has 0 radical (unpaired) electrons. The number of non-ortho nitro benzene ring substituents is 1. The highest BCUT2D eigenvalue weighted by Gasteiger charge is 2.60. The normalized spacial score (nSPS) is 20.5. The Labute approximate surface area is 217 Å². The van der Waals surface area contributed by atoms with Gasteiger partial charge in [-0.25, -0.2) is 9.96 Å². The average molecular weight is 520 g/mol. The number of benzene rings is 3. The fourth-order valence-electron chi connectivity index (χ4n) is 4.76. The number of aromatic hydroxyl groups is 1. The zero-order chi connectivity index (χ0) is 27.0. The zero-order valence-electron chi connectivity index (χ0n) is 20.6. The van der Waals surface area contributed by atoms with Gasteiger partial charge in [0.1, 0.15) is 11.7 Å². The van der Waals surface area contributed by atoms with Crippen molar-refractivity contribution < 1.29 is 33.9 Å². The molecule has 11 heteroatoms. The van der Waals surface area contributed by atoms with E-state index in [2.05, 4.69) is 0 Å². The molecule has 2 aliphatic heterocycles. The SMILES string of the molecule is CCCOc1ccc(N2C(=O)[C@H]3[C@H](ON(c4cccc([N+](=O)[O-])c4)[C@@H]3c3ccc(O)c(OC)c3)C2=O)cc1. The molecule has 3 atom stereocenters. The molecule has 196 valence electrons. The van der Waals surface area contributed by atoms with Crippen LogP contribution in [0.5, 0.6) is 17.2 Å². The number of rotatable bonds is 8. The molecule has 2 aliphatic rings. The van der Waals surface area contributed by atoms with Gasteiger partial charge in [0.15, 0.2) is 17.6 Å². The summed E-state index contributed by atoms with van der Waals surface area (Å²) < 4.78 is 10.8. The van der Waals surface area contributed by atoms with Crippen molar-refractivity contribution in [2.75, 3.05) is 23.7 Å². The lowest BCUT2D eigenvalue weighted by Gasteiger charge is -2.29. The van der Waals surface area contributed by atoms with Crippen molar-refractivity contribution in [3.63, 3.8) is 0 Å². The third-order valence-corrected chi connectivity index (χ3v) is 6.52. The lowest BCUT2D eigenvalue weighted by Crippen LogP contribution is -2.37. The predicted molar refractivity (Wildman–Crippen MR) is 136 cm³/mol. The van der Waals surface area contributed by atoms with Crippen molar-refractivity contribution in [2.24, 2.45) is 5.92 Å². The fourth-order valence-corrected chi connectivity index (χ4v) is 4.76. The number of phenolic OH excluding ortho intramolecular Hbond substituents is 1. The van der Waals surface area contributed by atoms with E-state index in [1.165, 1.54) is 36.4 Å². The molecular formula is C27H25N3O8. The molecule has 0 spiro atoms. The van der Waals surface area contributed by atoms with Gasteiger partial charge in [-0.2, -0.15) is 0 Å². The second kappa shape index (κ2) is 10.0. The molecular weight excluding hydrogens is 494 g/mol. The van der Waals surface area contributed by atoms with Crippen LogP contribution in [-0.4, -0.2) is 41.7 Å². The number of ether oxygens (including phenoxy) is 2. The zero-order valence-corrected chi connectivity index (χ0v) is 20.6. The molecule has 3 aromatic rings. The number of nitro benzene ring substituents is 1. The van der Waals surface area contributed by atoms with Crippen molar-refractivity contribution in [2.45, 2.75) is 25.5 Å². The summed E-state index contributed by atoms with van der Waals surface area (Å²) in [6.07, 6.45) is -0.321. The number of hydrogen-bond acceptors (Lipinski definition) is 9. The Morgan fingerprint density at radius 3 is 2.47 bits per heavy atom. The van der Waals surface area contributed by atoms with Gasteiger partial charge in [0, 0.05) is 12.1 Å². The smallest absolute Gasteiger partial charge is 0.271 e. The number of anilines is 2. The average Bonchev–Trinajstić information content (AvgIpc) is 3.44. The van der Waals surface area contributed by atoms with E-state index in [1.807, 2.05) is 6.92 Å². The monoisotopic (exact) mass is 519 g/mol. The first-order valence-corrected chi connectivity index (χ1v) is 12.0. The summed E-state index contributed by atoms with van der Waals surface area (Å²) in [5, 5.41) is 22.9. The summed E-state index contributed by atoms with van der Waals surface area (Å²) in [7, 11) is 1.39. The highest BCUT2D eigenvalue weighted by atomic mass is 16.7. The summed E-state index contributed by atoms with van der Waals surface area (Å²) in [6, 6.07) is 16.1. The molecule has 0 aliphatic carbocycles. The van der Waals surface area contributed by atoms with Gasteiger partial charge in [-0.1, -0.05) is 19.1 Å². The first-order chi connectivity index (χ1) is 18.3. The minimum atomic E-state index is -1.16. The molecule has 0 bridgehead atoms. The van der Waals surface area contributed by atoms with Gasteiger partial charge < -0.3 is 14.6 Å². The summed E-state index contributed by atoms with van der Waals surface area (Å²) in [5.74, 6) is -1.31. The Bertz CT molecular complexity index is 1390. The molecule has 3 aromatic carbocycles. The van der Waals surface area contributed by atoms with Crippen molar-refractivity contribution in [3.8, 4) is 17.2 Å². The molecule has 1 N–H and O–H groups in total. The van der Waals surface area contributed by atoms with Crippen LogP contribution < -0.4 is 19.4 Å². The van der Waals surface area contributed by atoms with Crippen LogP contribution >= 0.6 is 0 Å². The second-order valence-electron chi connectivity index (χ2n) is 8.88. The Kier molecular flexibility index (Phi) is 6.60. The summed E-state index contributed by atoms with van der Waals surface area (Å²) in [6.45, 7) is 2.54. The van der Waals surface area contributed by atoms with E-state index in [1.54, 1.807) is 42.5 Å². The quantitative estimate of drug-likeness (QED) is 0.265. The topological polar surface area (TPSA) is 132 Å². The summed E-state index contributed by atoms with van der Waals surface area (Å²) in [5.41, 5.74) is 1.03. The van der Waals surface area contributed by atoms with Crippen molar-refractivity contribution in [1.82, 2.24) is 0 Å². The van der Waals surface area contributed by atoms with E-state index < -0.39 is 34.8 Å². The number of imide groups is 1. The Morgan fingerprint density at radius 2 is 1.79 bits per heavy atom. The van der Waals surface area contributed by atoms with Gasteiger partial charge in [0.2, 0.25) is 5.91 Å². The number of nitro groups is 1. The van der Waals surface area contributed by atoms with Crippen molar-refractivity contribution in [1.29, 1.82) is 0 Å². The van der Waals surface area contributed by atoms with Crippen LogP contribution in [0.15, 0.2) is 66.7 Å². The third kappa shape index (κ3) is 4.26. The molecule has 0 aromatic heterocycles. The molecule has 0 saturated carbocycles. The standard InChI is InChI=1S/C27H25N3O8/c1-3-13-37-20-10-8-17(9-11-20)28-26(32)23-24(16-7-12-21(31)22(14-16)36-2)29(38-25(23)27(28)33)18-5-4-6-19(15-18)30(34)35/h4-12,14-15,23-25,31H,3,13H2,1-2H3/t23-,24-,25+/m1/s1. The molecule has 2 saturated heterocycles. The van der Waals surface area contributed by atoms with Gasteiger partial charge in [-0.3, -0.25) is 24.5 Å². The van der Waals surface area contributed by atoms with E-state index in [4.69, 9.17) is 14.3 Å². The van der Waals surface area contributed by atoms with Crippen LogP contribution in [0.3, 0.4) is 0 Å². The Hall–Kier alpha value is -4.64. The van der Waals surface area contributed by atoms with Crippen LogP contribution in [0.4, 0.5) is 17.1 Å². The van der Waals surface area contributed by atoms with E-state index >= 15 is 0 Å². The van der Waals surface area contributed by atoms with E-state index in [0.717, 1.165) is 11.3 Å². The first kappa shape index (κ1) is 25.0. The van der Waals surface area contributed by atoms with Crippen LogP contribution in [0.25, 0.3) is 0 Å². The summed E-state index contributed by atoms with van der Waals surface area (Å²) >= 11 is 0. The fraction of sp³-hybridized carbons (Fsp3) is 0.259. The second-order valence-corrected chi connectivity index (χ2v) is 8.88. The van der Waals surface area contributed by atoms with Crippen LogP contribution in [0.1, 0.15) is 24.9 Å². The van der Waals surface area contributed by atoms with Crippen LogP contribution in [-0.2, 0) is 14.4 Å². The molecule has 38 heavy (non-hydrogen) atoms. The number of methoxy groups -OCH3 is 1. The van der Waals surface area contributed by atoms with Gasteiger partial charge in [-0.05, 0) is 54.4 Å². The van der Waals surface area contributed by atoms with Gasteiger partial charge in [0.05, 0.1) is 36.1 Å². The molecule has 5 rings (SSSR count). The number of hydrogen-bond donors (Lipinski definition) is 1. The number of carbonyl (C=O) groups is 2. The number of hydroxylamine groups is 1. The maximum Gasteiger partial charge on any atom is 0.271 e. The maximum atomic E-state index is 13.8. The molecule has 2 heterocycles. The maximum absolute atomic E-state index is 13.8. The van der Waals surface area contributed by atoms with Crippen molar-refractivity contribution in [3.05, 3.63) is 82.4 Å². The number of nitrogens with zero attached hydrogens (tertiary/aromatic N) is 3. The molecule has 2 amide bonds. The van der Waals surface area contributed by atoms with E-state index in [-0.39, 0.29) is 17.2 Å². The Balaban J connectivity index is 1.55. The number of amides is 2. The van der Waals surface area contributed by atoms with Crippen molar-refractivity contribution >= 4 is 28.9 Å². The van der Waals surface area contributed by atoms with Gasteiger partial charge in [-0.15, -0.1) is 0 Å². The lowest BCUT2D eigenvalue weighted by molar-refractivity contribution is -0.384. The highest BCUT2D eigenvalue weighted by Crippen LogP contribution is 2.49. The number of fused-ring (bicyclic) bond motifs is 1. The minimum Gasteiger partial charge on any atom is -0.504 e. The number of carbonyl (C=O) groups excluding carboxylic acids is 2.